The van der Waals surface area contributed by atoms with Gasteiger partial charge >= 0.3 is 0 Å². The highest BCUT2D eigenvalue weighted by molar-refractivity contribution is 6.42. The lowest BCUT2D eigenvalue weighted by molar-refractivity contribution is -0.130. The molecule has 1 amide bonds. The quantitative estimate of drug-likeness (QED) is 0.897. The molecule has 5 heteroatoms. The Balaban J connectivity index is 2.50. The van der Waals surface area contributed by atoms with E-state index >= 15 is 0 Å². The molecule has 0 saturated heterocycles. The number of benzene rings is 1. The van der Waals surface area contributed by atoms with Crippen LogP contribution in [-0.2, 0) is 11.2 Å². The van der Waals surface area contributed by atoms with Gasteiger partial charge in [-0.3, -0.25) is 4.79 Å². The summed E-state index contributed by atoms with van der Waals surface area (Å²) in [7, 11) is 1.67. The zero-order valence-corrected chi connectivity index (χ0v) is 11.1. The summed E-state index contributed by atoms with van der Waals surface area (Å²) >= 11 is 11.7. The third-order valence-electron chi connectivity index (χ3n) is 2.47. The summed E-state index contributed by atoms with van der Waals surface area (Å²) in [5.41, 5.74) is 0.977. The molecule has 0 heterocycles. The molecule has 17 heavy (non-hydrogen) atoms. The van der Waals surface area contributed by atoms with Gasteiger partial charge < -0.3 is 10.0 Å². The Morgan fingerprint density at radius 1 is 1.35 bits per heavy atom. The number of aliphatic hydroxyl groups excluding tert-OH is 1. The van der Waals surface area contributed by atoms with Crippen LogP contribution in [0.3, 0.4) is 0 Å². The summed E-state index contributed by atoms with van der Waals surface area (Å²) in [6.07, 6.45) is 1.01. The van der Waals surface area contributed by atoms with Crippen LogP contribution in [0.2, 0.25) is 10.0 Å². The first kappa shape index (κ1) is 14.3. The Labute approximate surface area is 111 Å². The SMILES string of the molecule is CN(CCO)C(=O)CCc1ccc(Cl)c(Cl)c1. The first-order chi connectivity index (χ1) is 8.04. The second kappa shape index (κ2) is 6.84. The van der Waals surface area contributed by atoms with Gasteiger partial charge in [-0.1, -0.05) is 29.3 Å². The fraction of sp³-hybridized carbons (Fsp3) is 0.417. The van der Waals surface area contributed by atoms with Crippen LogP contribution in [0, 0.1) is 0 Å². The van der Waals surface area contributed by atoms with E-state index in [-0.39, 0.29) is 12.5 Å². The zero-order chi connectivity index (χ0) is 12.8. The highest BCUT2D eigenvalue weighted by Gasteiger charge is 2.08. The number of carbonyl (C=O) groups excluding carboxylic acids is 1. The van der Waals surface area contributed by atoms with Gasteiger partial charge in [0.1, 0.15) is 0 Å². The summed E-state index contributed by atoms with van der Waals surface area (Å²) in [5.74, 6) is 0.00474. The molecule has 1 rings (SSSR count). The molecule has 0 spiro atoms. The molecule has 1 aromatic rings. The fourth-order valence-electron chi connectivity index (χ4n) is 1.41. The van der Waals surface area contributed by atoms with Gasteiger partial charge in [-0.05, 0) is 24.1 Å². The van der Waals surface area contributed by atoms with Crippen LogP contribution in [0.1, 0.15) is 12.0 Å². The summed E-state index contributed by atoms with van der Waals surface area (Å²) in [6.45, 7) is 0.342. The number of hydrogen-bond donors (Lipinski definition) is 1. The largest absolute Gasteiger partial charge is 0.395 e. The number of aliphatic hydroxyl groups is 1. The summed E-state index contributed by atoms with van der Waals surface area (Å²) in [6, 6.07) is 5.35. The van der Waals surface area contributed by atoms with E-state index in [0.29, 0.717) is 29.4 Å². The van der Waals surface area contributed by atoms with Gasteiger partial charge in [-0.15, -0.1) is 0 Å². The smallest absolute Gasteiger partial charge is 0.222 e. The predicted molar refractivity (Wildman–Crippen MR) is 69.5 cm³/mol. The Morgan fingerprint density at radius 3 is 2.65 bits per heavy atom. The Kier molecular flexibility index (Phi) is 5.75. The lowest BCUT2D eigenvalue weighted by Crippen LogP contribution is -2.29. The lowest BCUT2D eigenvalue weighted by atomic mass is 10.1. The molecule has 0 saturated carbocycles. The number of hydrogen-bond acceptors (Lipinski definition) is 2. The number of aryl methyl sites for hydroxylation is 1. The van der Waals surface area contributed by atoms with Crippen molar-refractivity contribution in [3.63, 3.8) is 0 Å². The maximum Gasteiger partial charge on any atom is 0.222 e. The standard InChI is InChI=1S/C12H15Cl2NO2/c1-15(6-7-16)12(17)5-3-9-2-4-10(13)11(14)8-9/h2,4,8,16H,3,5-7H2,1H3. The fourth-order valence-corrected chi connectivity index (χ4v) is 1.73. The highest BCUT2D eigenvalue weighted by atomic mass is 35.5. The van der Waals surface area contributed by atoms with Gasteiger partial charge in [0.2, 0.25) is 5.91 Å². The average molecular weight is 276 g/mol. The van der Waals surface area contributed by atoms with Crippen LogP contribution in [0.15, 0.2) is 18.2 Å². The molecule has 0 aliphatic heterocycles. The van der Waals surface area contributed by atoms with Crippen molar-refractivity contribution in [2.75, 3.05) is 20.2 Å². The predicted octanol–water partition coefficient (Wildman–Crippen LogP) is 2.38. The van der Waals surface area contributed by atoms with E-state index in [1.807, 2.05) is 6.07 Å². The van der Waals surface area contributed by atoms with Crippen molar-refractivity contribution in [3.05, 3.63) is 33.8 Å². The molecule has 0 aliphatic rings. The number of likely N-dealkylation sites (N-methyl/N-ethyl adjacent to an activating group) is 1. The molecular formula is C12H15Cl2NO2. The van der Waals surface area contributed by atoms with Crippen LogP contribution in [0.4, 0.5) is 0 Å². The number of carbonyl (C=O) groups is 1. The van der Waals surface area contributed by atoms with Crippen molar-refractivity contribution in [2.45, 2.75) is 12.8 Å². The second-order valence-corrected chi connectivity index (χ2v) is 4.60. The first-order valence-corrected chi connectivity index (χ1v) is 6.09. The number of halogens is 2. The lowest BCUT2D eigenvalue weighted by Gasteiger charge is -2.15. The molecule has 94 valence electrons. The van der Waals surface area contributed by atoms with Crippen molar-refractivity contribution in [1.82, 2.24) is 4.90 Å². The van der Waals surface area contributed by atoms with Gasteiger partial charge in [-0.2, -0.15) is 0 Å². The molecule has 3 nitrogen and oxygen atoms in total. The van der Waals surface area contributed by atoms with E-state index in [1.165, 1.54) is 4.90 Å². The van der Waals surface area contributed by atoms with Gasteiger partial charge in [-0.25, -0.2) is 0 Å². The molecule has 1 aromatic carbocycles. The maximum absolute atomic E-state index is 11.6. The third kappa shape index (κ3) is 4.54. The van der Waals surface area contributed by atoms with E-state index in [4.69, 9.17) is 28.3 Å². The summed E-state index contributed by atoms with van der Waals surface area (Å²) < 4.78 is 0. The van der Waals surface area contributed by atoms with Crippen molar-refractivity contribution in [2.24, 2.45) is 0 Å². The van der Waals surface area contributed by atoms with Crippen molar-refractivity contribution >= 4 is 29.1 Å². The maximum atomic E-state index is 11.6. The molecular weight excluding hydrogens is 261 g/mol. The number of amides is 1. The zero-order valence-electron chi connectivity index (χ0n) is 9.62. The molecule has 0 fully saturated rings. The minimum atomic E-state index is -0.0188. The van der Waals surface area contributed by atoms with Crippen LogP contribution in [0.25, 0.3) is 0 Å². The molecule has 1 N–H and O–H groups in total. The van der Waals surface area contributed by atoms with Crippen molar-refractivity contribution in [1.29, 1.82) is 0 Å². The van der Waals surface area contributed by atoms with Crippen molar-refractivity contribution in [3.8, 4) is 0 Å². The van der Waals surface area contributed by atoms with Gasteiger partial charge in [0.15, 0.2) is 0 Å². The second-order valence-electron chi connectivity index (χ2n) is 3.79. The van der Waals surface area contributed by atoms with Crippen LogP contribution in [-0.4, -0.2) is 36.1 Å². The minimum Gasteiger partial charge on any atom is -0.395 e. The Hall–Kier alpha value is -0.770. The van der Waals surface area contributed by atoms with E-state index in [9.17, 15) is 4.79 Å². The van der Waals surface area contributed by atoms with E-state index in [0.717, 1.165) is 5.56 Å². The number of rotatable bonds is 5. The van der Waals surface area contributed by atoms with Gasteiger partial charge in [0.05, 0.1) is 16.7 Å². The summed E-state index contributed by atoms with van der Waals surface area (Å²) in [4.78, 5) is 13.1. The van der Waals surface area contributed by atoms with Crippen LogP contribution >= 0.6 is 23.2 Å². The average Bonchev–Trinajstić information content (AvgIpc) is 2.30. The number of nitrogens with zero attached hydrogens (tertiary/aromatic N) is 1. The van der Waals surface area contributed by atoms with E-state index in [1.54, 1.807) is 19.2 Å². The van der Waals surface area contributed by atoms with E-state index < -0.39 is 0 Å². The molecule has 0 unspecified atom stereocenters. The molecule has 0 radical (unpaired) electrons. The van der Waals surface area contributed by atoms with Crippen LogP contribution < -0.4 is 0 Å². The molecule has 0 aliphatic carbocycles. The summed E-state index contributed by atoms with van der Waals surface area (Å²) in [5, 5.41) is 9.73. The third-order valence-corrected chi connectivity index (χ3v) is 3.21. The highest BCUT2D eigenvalue weighted by Crippen LogP contribution is 2.23. The minimum absolute atomic E-state index is 0.00474. The molecule has 0 atom stereocenters. The molecule has 0 aromatic heterocycles. The Morgan fingerprint density at radius 2 is 2.06 bits per heavy atom. The van der Waals surface area contributed by atoms with E-state index in [2.05, 4.69) is 0 Å². The van der Waals surface area contributed by atoms with Crippen molar-refractivity contribution < 1.29 is 9.90 Å². The van der Waals surface area contributed by atoms with Gasteiger partial charge in [0.25, 0.3) is 0 Å². The molecule has 0 bridgehead atoms. The first-order valence-electron chi connectivity index (χ1n) is 5.33. The topological polar surface area (TPSA) is 40.5 Å². The normalized spacial score (nSPS) is 10.4. The Bertz CT molecular complexity index is 396. The van der Waals surface area contributed by atoms with Gasteiger partial charge in [0, 0.05) is 20.0 Å². The van der Waals surface area contributed by atoms with Crippen LogP contribution in [0.5, 0.6) is 0 Å². The monoisotopic (exact) mass is 275 g/mol.